The van der Waals surface area contributed by atoms with Crippen molar-refractivity contribution >= 4 is 22.6 Å². The van der Waals surface area contributed by atoms with Crippen molar-refractivity contribution in [2.24, 2.45) is 5.92 Å². The summed E-state index contributed by atoms with van der Waals surface area (Å²) < 4.78 is 19.7. The van der Waals surface area contributed by atoms with Crippen molar-refractivity contribution in [1.29, 1.82) is 0 Å². The smallest absolute Gasteiger partial charge is 0.275 e. The Morgan fingerprint density at radius 2 is 2.07 bits per heavy atom. The summed E-state index contributed by atoms with van der Waals surface area (Å²) in [6.45, 7) is 0.573. The van der Waals surface area contributed by atoms with E-state index in [1.54, 1.807) is 25.1 Å². The van der Waals surface area contributed by atoms with E-state index in [0.717, 1.165) is 6.42 Å². The van der Waals surface area contributed by atoms with E-state index in [1.807, 2.05) is 0 Å². The summed E-state index contributed by atoms with van der Waals surface area (Å²) >= 11 is 0. The fourth-order valence-corrected chi connectivity index (χ4v) is 4.60. The van der Waals surface area contributed by atoms with Gasteiger partial charge in [-0.05, 0) is 30.5 Å². The number of carbonyl (C=O) groups is 2. The van der Waals surface area contributed by atoms with E-state index < -0.39 is 0 Å². The molecule has 1 aliphatic carbocycles. The van der Waals surface area contributed by atoms with Gasteiger partial charge >= 0.3 is 0 Å². The van der Waals surface area contributed by atoms with Crippen LogP contribution in [0.25, 0.3) is 10.8 Å². The van der Waals surface area contributed by atoms with Gasteiger partial charge in [-0.15, -0.1) is 0 Å². The first-order valence-electron chi connectivity index (χ1n) is 9.45. The molecule has 8 heteroatoms. The minimum absolute atomic E-state index is 0.0508. The van der Waals surface area contributed by atoms with E-state index in [4.69, 9.17) is 4.42 Å². The second-order valence-electron chi connectivity index (χ2n) is 7.83. The van der Waals surface area contributed by atoms with Crippen molar-refractivity contribution in [1.82, 2.24) is 19.8 Å². The van der Waals surface area contributed by atoms with Gasteiger partial charge in [-0.2, -0.15) is 0 Å². The summed E-state index contributed by atoms with van der Waals surface area (Å²) in [7, 11) is 3.33. The van der Waals surface area contributed by atoms with Gasteiger partial charge in [0.05, 0.1) is 0 Å². The quantitative estimate of drug-likeness (QED) is 0.682. The van der Waals surface area contributed by atoms with Crippen LogP contribution in [0.1, 0.15) is 38.9 Å². The minimum atomic E-state index is -0.379. The van der Waals surface area contributed by atoms with Crippen LogP contribution >= 0.6 is 0 Å². The Morgan fingerprint density at radius 3 is 2.86 bits per heavy atom. The maximum atomic E-state index is 14.1. The Balaban J connectivity index is 1.47. The number of fused-ring (bicyclic) bond motifs is 2. The molecule has 0 spiro atoms. The van der Waals surface area contributed by atoms with Crippen LogP contribution in [0, 0.1) is 11.7 Å². The molecule has 148 valence electrons. The van der Waals surface area contributed by atoms with Crippen LogP contribution in [0.3, 0.4) is 0 Å². The van der Waals surface area contributed by atoms with Gasteiger partial charge in [0.1, 0.15) is 11.6 Å². The fourth-order valence-electron chi connectivity index (χ4n) is 4.60. The standard InChI is InChI=1S/C21H19FN4O3/c1-25(2)21(28)18-19(29-10-24-18)17-11-7-16(17)26(9-11)20(27)13-3-4-15(22)12-5-6-23-8-14(12)13/h3-6,8,10-11,16-17H,7,9H2,1-2H3. The molecule has 2 saturated heterocycles. The van der Waals surface area contributed by atoms with Gasteiger partial charge in [-0.25, -0.2) is 9.37 Å². The molecule has 3 aromatic rings. The molecule has 0 N–H and O–H groups in total. The Hall–Kier alpha value is -3.29. The first kappa shape index (κ1) is 17.8. The summed E-state index contributed by atoms with van der Waals surface area (Å²) in [6.07, 6.45) is 5.17. The lowest BCUT2D eigenvalue weighted by Gasteiger charge is -2.35. The predicted octanol–water partition coefficient (Wildman–Crippen LogP) is 2.69. The van der Waals surface area contributed by atoms with Gasteiger partial charge in [-0.3, -0.25) is 14.6 Å². The van der Waals surface area contributed by atoms with E-state index in [-0.39, 0.29) is 35.5 Å². The number of oxazole rings is 1. The number of nitrogens with zero attached hydrogens (tertiary/aromatic N) is 4. The molecule has 29 heavy (non-hydrogen) atoms. The zero-order valence-corrected chi connectivity index (χ0v) is 16.0. The third kappa shape index (κ3) is 2.55. The fraction of sp³-hybridized carbons (Fsp3) is 0.333. The molecular formula is C21H19FN4O3. The average molecular weight is 394 g/mol. The van der Waals surface area contributed by atoms with E-state index in [1.165, 1.54) is 35.8 Å². The Kier molecular flexibility index (Phi) is 3.90. The predicted molar refractivity (Wildman–Crippen MR) is 102 cm³/mol. The number of hydrogen-bond acceptors (Lipinski definition) is 5. The lowest BCUT2D eigenvalue weighted by atomic mass is 9.72. The summed E-state index contributed by atoms with van der Waals surface area (Å²) in [5.74, 6) is -0.0332. The van der Waals surface area contributed by atoms with E-state index in [9.17, 15) is 14.0 Å². The van der Waals surface area contributed by atoms with Crippen LogP contribution in [0.15, 0.2) is 41.4 Å². The first-order chi connectivity index (χ1) is 14.0. The highest BCUT2D eigenvalue weighted by molar-refractivity contribution is 6.07. The van der Waals surface area contributed by atoms with Crippen molar-refractivity contribution in [3.63, 3.8) is 0 Å². The van der Waals surface area contributed by atoms with Gasteiger partial charge in [0.25, 0.3) is 11.8 Å². The van der Waals surface area contributed by atoms with Gasteiger partial charge in [-0.1, -0.05) is 0 Å². The third-order valence-corrected chi connectivity index (χ3v) is 6.06. The second kappa shape index (κ2) is 6.37. The molecule has 2 bridgehead atoms. The number of carbonyl (C=O) groups excluding carboxylic acids is 2. The molecule has 3 atom stereocenters. The first-order valence-corrected chi connectivity index (χ1v) is 9.45. The van der Waals surface area contributed by atoms with E-state index >= 15 is 0 Å². The van der Waals surface area contributed by atoms with Crippen LogP contribution in [0.4, 0.5) is 4.39 Å². The van der Waals surface area contributed by atoms with Gasteiger partial charge < -0.3 is 14.2 Å². The van der Waals surface area contributed by atoms with Gasteiger partial charge in [0, 0.05) is 61.3 Å². The van der Waals surface area contributed by atoms with Crippen molar-refractivity contribution in [3.05, 3.63) is 59.8 Å². The lowest BCUT2D eigenvalue weighted by molar-refractivity contribution is 0.0730. The highest BCUT2D eigenvalue weighted by Gasteiger charge is 2.56. The van der Waals surface area contributed by atoms with E-state index in [0.29, 0.717) is 34.3 Å². The van der Waals surface area contributed by atoms with Crippen LogP contribution in [0.2, 0.25) is 0 Å². The summed E-state index contributed by atoms with van der Waals surface area (Å²) in [5.41, 5.74) is 0.739. The number of halogens is 1. The van der Waals surface area contributed by atoms with Crippen LogP contribution in [-0.4, -0.2) is 58.3 Å². The van der Waals surface area contributed by atoms with Gasteiger partial charge in [0.15, 0.2) is 12.1 Å². The monoisotopic (exact) mass is 394 g/mol. The summed E-state index contributed by atoms with van der Waals surface area (Å²) in [4.78, 5) is 37.1. The molecule has 7 nitrogen and oxygen atoms in total. The van der Waals surface area contributed by atoms with Gasteiger partial charge in [0.2, 0.25) is 0 Å². The van der Waals surface area contributed by atoms with Crippen molar-refractivity contribution in [2.75, 3.05) is 20.6 Å². The van der Waals surface area contributed by atoms with Crippen LogP contribution in [-0.2, 0) is 0 Å². The topological polar surface area (TPSA) is 79.5 Å². The summed E-state index contributed by atoms with van der Waals surface area (Å²) in [6, 6.07) is 4.34. The lowest BCUT2D eigenvalue weighted by Crippen LogP contribution is -2.40. The SMILES string of the molecule is CN(C)C(=O)c1ncoc1C1C2CC1N(C(=O)c1ccc(F)c3ccncc13)C2. The largest absolute Gasteiger partial charge is 0.447 e. The number of rotatable bonds is 3. The normalized spacial score (nSPS) is 22.6. The average Bonchev–Trinajstić information content (AvgIpc) is 3.42. The number of benzene rings is 1. The molecule has 2 aromatic heterocycles. The zero-order chi connectivity index (χ0) is 20.3. The summed E-state index contributed by atoms with van der Waals surface area (Å²) in [5, 5.41) is 0.879. The zero-order valence-electron chi connectivity index (χ0n) is 16.0. The van der Waals surface area contributed by atoms with E-state index in [2.05, 4.69) is 9.97 Å². The maximum absolute atomic E-state index is 14.1. The highest BCUT2D eigenvalue weighted by atomic mass is 19.1. The Bertz CT molecular complexity index is 1140. The number of pyridine rings is 1. The minimum Gasteiger partial charge on any atom is -0.447 e. The third-order valence-electron chi connectivity index (χ3n) is 6.06. The molecule has 1 saturated carbocycles. The Morgan fingerprint density at radius 1 is 1.24 bits per heavy atom. The Labute approximate surface area is 166 Å². The van der Waals surface area contributed by atoms with Crippen LogP contribution in [0.5, 0.6) is 0 Å². The number of amides is 2. The molecule has 3 fully saturated rings. The molecule has 2 amide bonds. The van der Waals surface area contributed by atoms with Crippen LogP contribution < -0.4 is 0 Å². The second-order valence-corrected chi connectivity index (χ2v) is 7.83. The van der Waals surface area contributed by atoms with Crippen molar-refractivity contribution in [2.45, 2.75) is 18.4 Å². The van der Waals surface area contributed by atoms with Crippen molar-refractivity contribution in [3.8, 4) is 0 Å². The highest BCUT2D eigenvalue weighted by Crippen LogP contribution is 2.53. The molecule has 1 aromatic carbocycles. The molecule has 4 heterocycles. The molecule has 0 radical (unpaired) electrons. The molecular weight excluding hydrogens is 375 g/mol. The molecule has 6 rings (SSSR count). The number of hydrogen-bond donors (Lipinski definition) is 0. The van der Waals surface area contributed by atoms with Crippen molar-refractivity contribution < 1.29 is 18.4 Å². The molecule has 3 unspecified atom stereocenters. The maximum Gasteiger partial charge on any atom is 0.275 e. The molecule has 3 aliphatic rings. The number of aromatic nitrogens is 2. The molecule has 2 aliphatic heterocycles.